The molecule has 0 saturated heterocycles. The zero-order valence-electron chi connectivity index (χ0n) is 13.4. The van der Waals surface area contributed by atoms with Gasteiger partial charge in [-0.2, -0.15) is 0 Å². The fraction of sp³-hybridized carbons (Fsp3) is 0.389. The number of pyridine rings is 1. The number of fused-ring (bicyclic) bond motifs is 1. The number of nitrogens with two attached hydrogens (primary N) is 1. The van der Waals surface area contributed by atoms with Gasteiger partial charge in [-0.25, -0.2) is 0 Å². The average molecular weight is 327 g/mol. The number of hydrogen-bond donors (Lipinski definition) is 3. The van der Waals surface area contributed by atoms with E-state index in [2.05, 4.69) is 10.3 Å². The second kappa shape index (κ2) is 6.47. The molecule has 1 aliphatic rings. The van der Waals surface area contributed by atoms with Crippen LogP contribution in [-0.2, 0) is 4.79 Å². The summed E-state index contributed by atoms with van der Waals surface area (Å²) >= 11 is 0. The van der Waals surface area contributed by atoms with Crippen molar-refractivity contribution in [1.29, 1.82) is 0 Å². The smallest absolute Gasteiger partial charge is 0.255 e. The highest BCUT2D eigenvalue weighted by Gasteiger charge is 2.38. The van der Waals surface area contributed by atoms with E-state index in [9.17, 15) is 14.4 Å². The summed E-state index contributed by atoms with van der Waals surface area (Å²) in [5.74, 6) is -0.880. The minimum Gasteiger partial charge on any atom is -0.368 e. The van der Waals surface area contributed by atoms with Gasteiger partial charge < -0.3 is 16.0 Å². The lowest BCUT2D eigenvalue weighted by Gasteiger charge is -2.30. The van der Waals surface area contributed by atoms with Crippen LogP contribution in [0.1, 0.15) is 48.9 Å². The number of aromatic amines is 1. The molecule has 24 heavy (non-hydrogen) atoms. The first-order chi connectivity index (χ1) is 11.5. The third-order valence-electron chi connectivity index (χ3n) is 4.84. The van der Waals surface area contributed by atoms with Crippen LogP contribution in [0.5, 0.6) is 0 Å². The molecule has 0 bridgehead atoms. The largest absolute Gasteiger partial charge is 0.368 e. The Labute approximate surface area is 139 Å². The summed E-state index contributed by atoms with van der Waals surface area (Å²) in [5, 5.41) is 3.87. The lowest BCUT2D eigenvalue weighted by molar-refractivity contribution is -0.124. The quantitative estimate of drug-likeness (QED) is 0.749. The molecule has 3 rings (SSSR count). The van der Waals surface area contributed by atoms with E-state index in [-0.39, 0.29) is 11.5 Å². The van der Waals surface area contributed by atoms with E-state index >= 15 is 0 Å². The van der Waals surface area contributed by atoms with Crippen molar-refractivity contribution in [2.24, 2.45) is 5.73 Å². The molecular formula is C18H21N3O3. The number of primary amides is 1. The monoisotopic (exact) mass is 327 g/mol. The number of H-pyrrole nitrogens is 1. The predicted molar refractivity (Wildman–Crippen MR) is 91.7 cm³/mol. The molecule has 0 atom stereocenters. The molecule has 1 aliphatic carbocycles. The van der Waals surface area contributed by atoms with Crippen LogP contribution in [0.4, 0.5) is 0 Å². The van der Waals surface area contributed by atoms with Crippen molar-refractivity contribution in [1.82, 2.24) is 10.3 Å². The Bertz CT molecular complexity index is 833. The maximum atomic E-state index is 12.8. The second-order valence-electron chi connectivity index (χ2n) is 6.39. The fourth-order valence-corrected chi connectivity index (χ4v) is 3.45. The van der Waals surface area contributed by atoms with Gasteiger partial charge in [0, 0.05) is 17.0 Å². The highest BCUT2D eigenvalue weighted by Crippen LogP contribution is 2.28. The number of benzene rings is 1. The summed E-state index contributed by atoms with van der Waals surface area (Å²) in [6.45, 7) is 0. The number of rotatable bonds is 3. The van der Waals surface area contributed by atoms with E-state index in [4.69, 9.17) is 5.73 Å². The molecule has 1 aromatic carbocycles. The highest BCUT2D eigenvalue weighted by molar-refractivity contribution is 6.08. The van der Waals surface area contributed by atoms with Gasteiger partial charge in [-0.05, 0) is 18.9 Å². The fourth-order valence-electron chi connectivity index (χ4n) is 3.45. The number of hydrogen-bond acceptors (Lipinski definition) is 3. The van der Waals surface area contributed by atoms with Gasteiger partial charge in [0.15, 0.2) is 0 Å². The van der Waals surface area contributed by atoms with Gasteiger partial charge in [-0.3, -0.25) is 14.4 Å². The van der Waals surface area contributed by atoms with E-state index in [1.807, 2.05) is 0 Å². The number of amides is 2. The molecule has 1 heterocycles. The third kappa shape index (κ3) is 2.91. The molecule has 4 N–H and O–H groups in total. The van der Waals surface area contributed by atoms with Gasteiger partial charge in [0.2, 0.25) is 5.91 Å². The Morgan fingerprint density at radius 1 is 1.04 bits per heavy atom. The molecule has 0 spiro atoms. The van der Waals surface area contributed by atoms with Crippen LogP contribution in [-0.4, -0.2) is 22.3 Å². The molecule has 0 unspecified atom stereocenters. The molecule has 1 aromatic heterocycles. The first-order valence-electron chi connectivity index (χ1n) is 8.26. The Morgan fingerprint density at radius 3 is 2.29 bits per heavy atom. The molecule has 1 saturated carbocycles. The topological polar surface area (TPSA) is 105 Å². The number of carbonyl (C=O) groups excluding carboxylic acids is 2. The van der Waals surface area contributed by atoms with Gasteiger partial charge in [-0.1, -0.05) is 43.9 Å². The van der Waals surface area contributed by atoms with E-state index in [0.717, 1.165) is 25.7 Å². The van der Waals surface area contributed by atoms with Crippen molar-refractivity contribution in [3.8, 4) is 0 Å². The summed E-state index contributed by atoms with van der Waals surface area (Å²) in [6, 6.07) is 6.91. The standard InChI is InChI=1S/C18H21N3O3/c19-17(24)18(9-5-1-2-6-10-18)21-16(23)14-11-20-15(22)13-8-4-3-7-12(13)14/h3-4,7-8,11H,1-2,5-6,9-10H2,(H2,19,24)(H,20,22)(H,21,23). The number of nitrogens with one attached hydrogen (secondary N) is 2. The van der Waals surface area contributed by atoms with Gasteiger partial charge in [0.25, 0.3) is 11.5 Å². The van der Waals surface area contributed by atoms with Gasteiger partial charge >= 0.3 is 0 Å². The first kappa shape index (κ1) is 16.2. The molecule has 2 aromatic rings. The van der Waals surface area contributed by atoms with Crippen molar-refractivity contribution < 1.29 is 9.59 Å². The molecule has 6 heteroatoms. The third-order valence-corrected chi connectivity index (χ3v) is 4.84. The number of aromatic nitrogens is 1. The normalized spacial score (nSPS) is 17.2. The van der Waals surface area contributed by atoms with Crippen molar-refractivity contribution in [3.05, 3.63) is 46.4 Å². The minimum atomic E-state index is -1.01. The molecule has 2 amide bonds. The van der Waals surface area contributed by atoms with Crippen LogP contribution < -0.4 is 16.6 Å². The zero-order chi connectivity index (χ0) is 17.2. The molecule has 0 aliphatic heterocycles. The van der Waals surface area contributed by atoms with E-state index < -0.39 is 11.4 Å². The molecular weight excluding hydrogens is 306 g/mol. The predicted octanol–water partition coefficient (Wildman–Crippen LogP) is 1.84. The maximum Gasteiger partial charge on any atom is 0.255 e. The first-order valence-corrected chi connectivity index (χ1v) is 8.26. The Kier molecular flexibility index (Phi) is 4.38. The lowest BCUT2D eigenvalue weighted by Crippen LogP contribution is -2.57. The van der Waals surface area contributed by atoms with Crippen LogP contribution in [0.15, 0.2) is 35.3 Å². The summed E-state index contributed by atoms with van der Waals surface area (Å²) < 4.78 is 0. The Hall–Kier alpha value is -2.63. The zero-order valence-corrected chi connectivity index (χ0v) is 13.4. The Balaban J connectivity index is 1.98. The van der Waals surface area contributed by atoms with Crippen LogP contribution in [0.3, 0.4) is 0 Å². The van der Waals surface area contributed by atoms with Gasteiger partial charge in [0.05, 0.1) is 5.56 Å². The van der Waals surface area contributed by atoms with E-state index in [1.54, 1.807) is 24.3 Å². The van der Waals surface area contributed by atoms with Crippen molar-refractivity contribution >= 4 is 22.6 Å². The summed E-state index contributed by atoms with van der Waals surface area (Å²) in [5.41, 5.74) is 4.71. The summed E-state index contributed by atoms with van der Waals surface area (Å²) in [6.07, 6.45) is 6.28. The maximum absolute atomic E-state index is 12.8. The second-order valence-corrected chi connectivity index (χ2v) is 6.39. The molecule has 126 valence electrons. The van der Waals surface area contributed by atoms with E-state index in [0.29, 0.717) is 29.2 Å². The van der Waals surface area contributed by atoms with E-state index in [1.165, 1.54) is 6.20 Å². The highest BCUT2D eigenvalue weighted by atomic mass is 16.2. The van der Waals surface area contributed by atoms with Gasteiger partial charge in [-0.15, -0.1) is 0 Å². The van der Waals surface area contributed by atoms with Crippen LogP contribution >= 0.6 is 0 Å². The average Bonchev–Trinajstić information content (AvgIpc) is 2.82. The van der Waals surface area contributed by atoms with Crippen LogP contribution in [0.25, 0.3) is 10.8 Å². The minimum absolute atomic E-state index is 0.249. The van der Waals surface area contributed by atoms with Crippen LogP contribution in [0.2, 0.25) is 0 Å². The van der Waals surface area contributed by atoms with Crippen LogP contribution in [0, 0.1) is 0 Å². The van der Waals surface area contributed by atoms with Gasteiger partial charge in [0.1, 0.15) is 5.54 Å². The molecule has 0 radical (unpaired) electrons. The molecule has 1 fully saturated rings. The summed E-state index contributed by atoms with van der Waals surface area (Å²) in [7, 11) is 0. The van der Waals surface area contributed by atoms with Crippen molar-refractivity contribution in [2.75, 3.05) is 0 Å². The SMILES string of the molecule is NC(=O)C1(NC(=O)c2c[nH]c(=O)c3ccccc23)CCCCCC1. The Morgan fingerprint density at radius 2 is 1.67 bits per heavy atom. The van der Waals surface area contributed by atoms with Crippen molar-refractivity contribution in [3.63, 3.8) is 0 Å². The number of carbonyl (C=O) groups is 2. The molecule has 6 nitrogen and oxygen atoms in total. The summed E-state index contributed by atoms with van der Waals surface area (Å²) in [4.78, 5) is 39.4. The van der Waals surface area contributed by atoms with Crippen molar-refractivity contribution in [2.45, 2.75) is 44.1 Å². The lowest BCUT2D eigenvalue weighted by atomic mass is 9.88.